The number of nitrogen functional groups attached to an aromatic ring is 1. The van der Waals surface area contributed by atoms with Crippen molar-refractivity contribution >= 4 is 22.8 Å². The second-order valence-corrected chi connectivity index (χ2v) is 5.68. The van der Waals surface area contributed by atoms with E-state index in [0.29, 0.717) is 23.8 Å². The molecule has 6 nitrogen and oxygen atoms in total. The minimum atomic E-state index is -0.333. The highest BCUT2D eigenvalue weighted by Gasteiger charge is 2.34. The van der Waals surface area contributed by atoms with E-state index in [1.807, 2.05) is 31.1 Å². The van der Waals surface area contributed by atoms with Crippen LogP contribution >= 0.6 is 0 Å². The predicted molar refractivity (Wildman–Crippen MR) is 78.7 cm³/mol. The van der Waals surface area contributed by atoms with Crippen LogP contribution in [0.2, 0.25) is 0 Å². The Bertz CT molecular complexity index is 610. The molecule has 0 radical (unpaired) electrons. The van der Waals surface area contributed by atoms with E-state index >= 15 is 0 Å². The molecule has 2 heterocycles. The topological polar surface area (TPSA) is 78.8 Å². The maximum Gasteiger partial charge on any atom is 0.298 e. The molecule has 1 aliphatic heterocycles. The Hall–Kier alpha value is -1.79. The first-order valence-electron chi connectivity index (χ1n) is 6.78. The van der Waals surface area contributed by atoms with Gasteiger partial charge in [0.05, 0.1) is 6.10 Å². The number of rotatable bonds is 3. The third-order valence-corrected chi connectivity index (χ3v) is 3.62. The summed E-state index contributed by atoms with van der Waals surface area (Å²) in [5.41, 5.74) is 7.89. The first-order valence-corrected chi connectivity index (χ1v) is 6.78. The van der Waals surface area contributed by atoms with Crippen molar-refractivity contribution in [1.82, 2.24) is 9.88 Å². The zero-order valence-electron chi connectivity index (χ0n) is 11.8. The number of hydrogen-bond donors (Lipinski definition) is 2. The summed E-state index contributed by atoms with van der Waals surface area (Å²) in [5, 5.41) is 9.91. The summed E-state index contributed by atoms with van der Waals surface area (Å²) in [7, 11) is 4.05. The number of fused-ring (bicyclic) bond motifs is 1. The van der Waals surface area contributed by atoms with Gasteiger partial charge in [0.15, 0.2) is 5.58 Å². The Kier molecular flexibility index (Phi) is 3.27. The van der Waals surface area contributed by atoms with Crippen LogP contribution in [0.4, 0.5) is 11.7 Å². The molecule has 0 amide bonds. The minimum absolute atomic E-state index is 0.213. The third kappa shape index (κ3) is 2.44. The fraction of sp³-hybridized carbons (Fsp3) is 0.500. The molecule has 0 aliphatic carbocycles. The van der Waals surface area contributed by atoms with E-state index in [-0.39, 0.29) is 12.1 Å². The first kappa shape index (κ1) is 13.2. The van der Waals surface area contributed by atoms with Crippen molar-refractivity contribution in [3.63, 3.8) is 0 Å². The van der Waals surface area contributed by atoms with Gasteiger partial charge in [-0.25, -0.2) is 0 Å². The van der Waals surface area contributed by atoms with Crippen LogP contribution in [-0.4, -0.2) is 54.3 Å². The van der Waals surface area contributed by atoms with Crippen LogP contribution in [0.1, 0.15) is 6.42 Å². The highest BCUT2D eigenvalue weighted by Crippen LogP contribution is 2.29. The number of aromatic nitrogens is 1. The maximum absolute atomic E-state index is 9.91. The molecule has 0 saturated carbocycles. The van der Waals surface area contributed by atoms with Gasteiger partial charge in [0.25, 0.3) is 6.01 Å². The lowest BCUT2D eigenvalue weighted by Crippen LogP contribution is -2.37. The standard InChI is InChI=1S/C14H20N4O2/c1-17(2)7-10-6-11(19)8-18(10)14-16-12-4-3-9(15)5-13(12)20-14/h3-5,10-11,19H,6-8,15H2,1-2H3. The number of aliphatic hydroxyl groups excluding tert-OH is 1. The summed E-state index contributed by atoms with van der Waals surface area (Å²) in [5.74, 6) is 0. The monoisotopic (exact) mass is 276 g/mol. The van der Waals surface area contributed by atoms with Crippen molar-refractivity contribution in [1.29, 1.82) is 0 Å². The predicted octanol–water partition coefficient (Wildman–Crippen LogP) is 0.911. The first-order chi connectivity index (χ1) is 9.52. The molecule has 0 spiro atoms. The summed E-state index contributed by atoms with van der Waals surface area (Å²) in [6.45, 7) is 1.42. The van der Waals surface area contributed by atoms with Crippen molar-refractivity contribution in [3.8, 4) is 0 Å². The van der Waals surface area contributed by atoms with Crippen LogP contribution in [0.25, 0.3) is 11.1 Å². The normalized spacial score (nSPS) is 23.1. The Morgan fingerprint density at radius 1 is 1.50 bits per heavy atom. The zero-order valence-corrected chi connectivity index (χ0v) is 11.8. The highest BCUT2D eigenvalue weighted by atomic mass is 16.4. The number of nitrogens with zero attached hydrogens (tertiary/aromatic N) is 3. The molecule has 1 aliphatic rings. The van der Waals surface area contributed by atoms with Gasteiger partial charge in [0, 0.05) is 30.9 Å². The fourth-order valence-corrected chi connectivity index (χ4v) is 2.77. The van der Waals surface area contributed by atoms with Crippen molar-refractivity contribution in [2.45, 2.75) is 18.6 Å². The molecule has 3 rings (SSSR count). The smallest absolute Gasteiger partial charge is 0.298 e. The van der Waals surface area contributed by atoms with E-state index in [1.54, 1.807) is 6.07 Å². The van der Waals surface area contributed by atoms with Crippen LogP contribution in [0.3, 0.4) is 0 Å². The number of likely N-dealkylation sites (N-methyl/N-ethyl adjacent to an activating group) is 1. The molecule has 2 aromatic rings. The van der Waals surface area contributed by atoms with Gasteiger partial charge >= 0.3 is 0 Å². The summed E-state index contributed by atoms with van der Waals surface area (Å²) in [6, 6.07) is 6.22. The minimum Gasteiger partial charge on any atom is -0.423 e. The number of hydrogen-bond acceptors (Lipinski definition) is 6. The molecule has 1 fully saturated rings. The number of aliphatic hydroxyl groups is 1. The van der Waals surface area contributed by atoms with Gasteiger partial charge in [-0.2, -0.15) is 4.98 Å². The SMILES string of the molecule is CN(C)CC1CC(O)CN1c1nc2ccc(N)cc2o1. The van der Waals surface area contributed by atoms with Crippen molar-refractivity contribution < 1.29 is 9.52 Å². The average Bonchev–Trinajstić information content (AvgIpc) is 2.91. The van der Waals surface area contributed by atoms with E-state index in [0.717, 1.165) is 18.5 Å². The van der Waals surface area contributed by atoms with Crippen LogP contribution < -0.4 is 10.6 Å². The van der Waals surface area contributed by atoms with Crippen LogP contribution in [0, 0.1) is 0 Å². The molecular formula is C14H20N4O2. The second kappa shape index (κ2) is 4.96. The van der Waals surface area contributed by atoms with Gasteiger partial charge < -0.3 is 25.1 Å². The molecule has 1 aromatic heterocycles. The number of benzene rings is 1. The van der Waals surface area contributed by atoms with E-state index in [9.17, 15) is 5.11 Å². The van der Waals surface area contributed by atoms with Gasteiger partial charge in [0.1, 0.15) is 5.52 Å². The zero-order chi connectivity index (χ0) is 14.3. The molecule has 0 bridgehead atoms. The van der Waals surface area contributed by atoms with Gasteiger partial charge in [-0.05, 0) is 32.6 Å². The number of oxazole rings is 1. The molecule has 1 saturated heterocycles. The quantitative estimate of drug-likeness (QED) is 0.811. The Morgan fingerprint density at radius 3 is 3.05 bits per heavy atom. The van der Waals surface area contributed by atoms with E-state index in [4.69, 9.17) is 10.2 Å². The lowest BCUT2D eigenvalue weighted by atomic mass is 10.2. The molecule has 2 atom stereocenters. The van der Waals surface area contributed by atoms with E-state index in [2.05, 4.69) is 9.88 Å². The summed E-state index contributed by atoms with van der Waals surface area (Å²) < 4.78 is 5.80. The highest BCUT2D eigenvalue weighted by molar-refractivity contribution is 5.78. The van der Waals surface area contributed by atoms with E-state index < -0.39 is 0 Å². The maximum atomic E-state index is 9.91. The molecule has 6 heteroatoms. The number of anilines is 2. The molecule has 3 N–H and O–H groups in total. The lowest BCUT2D eigenvalue weighted by Gasteiger charge is -2.25. The summed E-state index contributed by atoms with van der Waals surface area (Å²) >= 11 is 0. The number of nitrogens with two attached hydrogens (primary N) is 1. The molecule has 2 unspecified atom stereocenters. The van der Waals surface area contributed by atoms with Gasteiger partial charge in [-0.1, -0.05) is 0 Å². The fourth-order valence-electron chi connectivity index (χ4n) is 2.77. The lowest BCUT2D eigenvalue weighted by molar-refractivity contribution is 0.191. The third-order valence-electron chi connectivity index (χ3n) is 3.62. The van der Waals surface area contributed by atoms with Gasteiger partial charge in [-0.3, -0.25) is 0 Å². The van der Waals surface area contributed by atoms with Crippen molar-refractivity contribution in [3.05, 3.63) is 18.2 Å². The Morgan fingerprint density at radius 2 is 2.30 bits per heavy atom. The van der Waals surface area contributed by atoms with Crippen LogP contribution in [0.15, 0.2) is 22.6 Å². The van der Waals surface area contributed by atoms with Crippen LogP contribution in [-0.2, 0) is 0 Å². The second-order valence-electron chi connectivity index (χ2n) is 5.68. The molecular weight excluding hydrogens is 256 g/mol. The molecule has 108 valence electrons. The molecule has 1 aromatic carbocycles. The van der Waals surface area contributed by atoms with E-state index in [1.165, 1.54) is 0 Å². The summed E-state index contributed by atoms with van der Waals surface area (Å²) in [4.78, 5) is 8.65. The van der Waals surface area contributed by atoms with Crippen LogP contribution in [0.5, 0.6) is 0 Å². The average molecular weight is 276 g/mol. The Labute approximate surface area is 117 Å². The molecule has 20 heavy (non-hydrogen) atoms. The van der Waals surface area contributed by atoms with Crippen molar-refractivity contribution in [2.24, 2.45) is 0 Å². The Balaban J connectivity index is 1.92. The van der Waals surface area contributed by atoms with Gasteiger partial charge in [0.2, 0.25) is 0 Å². The summed E-state index contributed by atoms with van der Waals surface area (Å²) in [6.07, 6.45) is 0.402. The largest absolute Gasteiger partial charge is 0.423 e. The van der Waals surface area contributed by atoms with Crippen molar-refractivity contribution in [2.75, 3.05) is 37.8 Å². The van der Waals surface area contributed by atoms with Gasteiger partial charge in [-0.15, -0.1) is 0 Å². The number of β-amino-alcohol motifs (C(OH)–C–C–N with tert-alkyl or cyclic N) is 1.